The molecule has 0 aromatic heterocycles. The number of rotatable bonds is 7. The fraction of sp³-hybridized carbons (Fsp3) is 0.286. The first-order valence-corrected chi connectivity index (χ1v) is 6.16. The molecule has 0 saturated carbocycles. The molecule has 0 aliphatic rings. The van der Waals surface area contributed by atoms with Crippen LogP contribution < -0.4 is 11.5 Å². The molecular weight excluding hydrogens is 260 g/mol. The minimum absolute atomic E-state index is 0.220. The molecule has 0 heterocycles. The van der Waals surface area contributed by atoms with Crippen LogP contribution in [0.5, 0.6) is 0 Å². The Labute approximate surface area is 117 Å². The van der Waals surface area contributed by atoms with E-state index in [0.29, 0.717) is 18.5 Å². The van der Waals surface area contributed by atoms with Crippen LogP contribution >= 0.6 is 0 Å². The quantitative estimate of drug-likeness (QED) is 0.339. The van der Waals surface area contributed by atoms with E-state index in [1.54, 1.807) is 18.2 Å². The Morgan fingerprint density at radius 2 is 1.80 bits per heavy atom. The fourth-order valence-corrected chi connectivity index (χ4v) is 1.44. The van der Waals surface area contributed by atoms with Gasteiger partial charge in [0.15, 0.2) is 0 Å². The Morgan fingerprint density at radius 1 is 1.15 bits per heavy atom. The van der Waals surface area contributed by atoms with Crippen LogP contribution in [0, 0.1) is 0 Å². The first-order valence-electron chi connectivity index (χ1n) is 6.16. The zero-order valence-corrected chi connectivity index (χ0v) is 11.1. The second kappa shape index (κ2) is 7.83. The molecule has 1 rings (SSSR count). The lowest BCUT2D eigenvalue weighted by Crippen LogP contribution is -2.11. The van der Waals surface area contributed by atoms with Gasteiger partial charge in [0, 0.05) is 6.08 Å². The normalized spacial score (nSPS) is 9.80. The molecule has 0 amide bonds. The molecule has 0 bridgehead atoms. The Kier molecular flexibility index (Phi) is 6.09. The van der Waals surface area contributed by atoms with Gasteiger partial charge in [-0.3, -0.25) is 0 Å². The molecule has 108 valence electrons. The van der Waals surface area contributed by atoms with Gasteiger partial charge in [0.2, 0.25) is 0 Å². The number of anilines is 2. The van der Waals surface area contributed by atoms with E-state index in [1.807, 2.05) is 0 Å². The summed E-state index contributed by atoms with van der Waals surface area (Å²) < 4.78 is 9.85. The first-order chi connectivity index (χ1) is 9.56. The summed E-state index contributed by atoms with van der Waals surface area (Å²) in [5.74, 6) is -0.979. The van der Waals surface area contributed by atoms with Crippen LogP contribution in [0.2, 0.25) is 0 Å². The standard InChI is InChI=1S/C14H18N2O4/c1-2-12(17)19-8-3-4-9-20-14(18)10-6-5-7-11(15)13(10)16/h2,5-7H,1,3-4,8-9,15-16H2. The van der Waals surface area contributed by atoms with Crippen molar-refractivity contribution in [3.8, 4) is 0 Å². The largest absolute Gasteiger partial charge is 0.463 e. The Hall–Kier alpha value is -2.50. The highest BCUT2D eigenvalue weighted by Crippen LogP contribution is 2.20. The summed E-state index contributed by atoms with van der Waals surface area (Å²) in [5.41, 5.74) is 12.1. The molecule has 0 saturated heterocycles. The van der Waals surface area contributed by atoms with Gasteiger partial charge < -0.3 is 20.9 Å². The van der Waals surface area contributed by atoms with Crippen LogP contribution in [0.1, 0.15) is 23.2 Å². The Morgan fingerprint density at radius 3 is 2.45 bits per heavy atom. The van der Waals surface area contributed by atoms with E-state index in [-0.39, 0.29) is 24.5 Å². The second-order valence-electron chi connectivity index (χ2n) is 4.02. The van der Waals surface area contributed by atoms with Crippen LogP contribution in [-0.4, -0.2) is 25.2 Å². The van der Waals surface area contributed by atoms with Crippen molar-refractivity contribution in [2.24, 2.45) is 0 Å². The van der Waals surface area contributed by atoms with Crippen LogP contribution in [0.15, 0.2) is 30.9 Å². The number of para-hydroxylation sites is 1. The zero-order valence-electron chi connectivity index (χ0n) is 11.1. The third-order valence-corrected chi connectivity index (χ3v) is 2.54. The number of unbranched alkanes of at least 4 members (excludes halogenated alkanes) is 1. The van der Waals surface area contributed by atoms with Crippen molar-refractivity contribution in [2.45, 2.75) is 12.8 Å². The van der Waals surface area contributed by atoms with E-state index >= 15 is 0 Å². The number of nitrogen functional groups attached to an aromatic ring is 2. The highest BCUT2D eigenvalue weighted by Gasteiger charge is 2.12. The second-order valence-corrected chi connectivity index (χ2v) is 4.02. The van der Waals surface area contributed by atoms with E-state index < -0.39 is 11.9 Å². The van der Waals surface area contributed by atoms with Crippen molar-refractivity contribution in [1.29, 1.82) is 0 Å². The number of hydrogen-bond donors (Lipinski definition) is 2. The predicted octanol–water partition coefficient (Wildman–Crippen LogP) is 1.52. The molecular formula is C14H18N2O4. The molecule has 4 N–H and O–H groups in total. The van der Waals surface area contributed by atoms with Crippen molar-refractivity contribution in [2.75, 3.05) is 24.7 Å². The average Bonchev–Trinajstić information content (AvgIpc) is 2.44. The van der Waals surface area contributed by atoms with Crippen LogP contribution in [0.4, 0.5) is 11.4 Å². The summed E-state index contributed by atoms with van der Waals surface area (Å²) in [4.78, 5) is 22.5. The molecule has 1 aromatic carbocycles. The highest BCUT2D eigenvalue weighted by molar-refractivity contribution is 5.97. The van der Waals surface area contributed by atoms with Crippen LogP contribution in [-0.2, 0) is 14.3 Å². The van der Waals surface area contributed by atoms with Crippen molar-refractivity contribution in [3.63, 3.8) is 0 Å². The molecule has 0 aliphatic heterocycles. The van der Waals surface area contributed by atoms with E-state index in [0.717, 1.165) is 6.08 Å². The van der Waals surface area contributed by atoms with E-state index in [1.165, 1.54) is 0 Å². The number of hydrogen-bond acceptors (Lipinski definition) is 6. The number of carbonyl (C=O) groups excluding carboxylic acids is 2. The maximum Gasteiger partial charge on any atom is 0.340 e. The summed E-state index contributed by atoms with van der Waals surface area (Å²) in [6.45, 7) is 3.77. The number of nitrogens with two attached hydrogens (primary N) is 2. The molecule has 0 unspecified atom stereocenters. The topological polar surface area (TPSA) is 105 Å². The van der Waals surface area contributed by atoms with Gasteiger partial charge in [-0.15, -0.1) is 0 Å². The maximum atomic E-state index is 11.7. The predicted molar refractivity (Wildman–Crippen MR) is 75.9 cm³/mol. The number of carbonyl (C=O) groups is 2. The van der Waals surface area contributed by atoms with Crippen molar-refractivity contribution >= 4 is 23.3 Å². The summed E-state index contributed by atoms with van der Waals surface area (Å²) in [6, 6.07) is 4.80. The van der Waals surface area contributed by atoms with Crippen molar-refractivity contribution < 1.29 is 19.1 Å². The molecule has 20 heavy (non-hydrogen) atoms. The lowest BCUT2D eigenvalue weighted by atomic mass is 10.1. The first kappa shape index (κ1) is 15.6. The summed E-state index contributed by atoms with van der Waals surface area (Å²) in [7, 11) is 0. The minimum atomic E-state index is -0.516. The minimum Gasteiger partial charge on any atom is -0.463 e. The Balaban J connectivity index is 2.28. The number of ether oxygens (including phenoxy) is 2. The van der Waals surface area contributed by atoms with E-state index in [2.05, 4.69) is 6.58 Å². The van der Waals surface area contributed by atoms with Crippen LogP contribution in [0.3, 0.4) is 0 Å². The van der Waals surface area contributed by atoms with Gasteiger partial charge >= 0.3 is 11.9 Å². The van der Waals surface area contributed by atoms with E-state index in [9.17, 15) is 9.59 Å². The van der Waals surface area contributed by atoms with Crippen molar-refractivity contribution in [1.82, 2.24) is 0 Å². The lowest BCUT2D eigenvalue weighted by Gasteiger charge is -2.08. The smallest absolute Gasteiger partial charge is 0.340 e. The van der Waals surface area contributed by atoms with E-state index in [4.69, 9.17) is 20.9 Å². The van der Waals surface area contributed by atoms with Gasteiger partial charge in [-0.1, -0.05) is 12.6 Å². The average molecular weight is 278 g/mol. The molecule has 6 heteroatoms. The molecule has 0 radical (unpaired) electrons. The molecule has 1 aromatic rings. The molecule has 0 fully saturated rings. The fourth-order valence-electron chi connectivity index (χ4n) is 1.44. The van der Waals surface area contributed by atoms with Crippen LogP contribution in [0.25, 0.3) is 0 Å². The lowest BCUT2D eigenvalue weighted by molar-refractivity contribution is -0.137. The monoisotopic (exact) mass is 278 g/mol. The summed E-state index contributed by atoms with van der Waals surface area (Å²) in [6.07, 6.45) is 2.28. The molecule has 0 spiro atoms. The highest BCUT2D eigenvalue weighted by atomic mass is 16.5. The molecule has 0 aliphatic carbocycles. The van der Waals surface area contributed by atoms with Crippen molar-refractivity contribution in [3.05, 3.63) is 36.4 Å². The maximum absolute atomic E-state index is 11.7. The zero-order chi connectivity index (χ0) is 15.0. The SMILES string of the molecule is C=CC(=O)OCCCCOC(=O)c1cccc(N)c1N. The van der Waals surface area contributed by atoms with Gasteiger partial charge in [0.25, 0.3) is 0 Å². The van der Waals surface area contributed by atoms with Gasteiger partial charge in [0.1, 0.15) is 0 Å². The number of benzene rings is 1. The third kappa shape index (κ3) is 4.64. The molecule has 0 atom stereocenters. The number of esters is 2. The third-order valence-electron chi connectivity index (χ3n) is 2.54. The Bertz CT molecular complexity index is 500. The van der Waals surface area contributed by atoms with Gasteiger partial charge in [-0.25, -0.2) is 9.59 Å². The summed E-state index contributed by atoms with van der Waals surface area (Å²) in [5, 5.41) is 0. The van der Waals surface area contributed by atoms with Gasteiger partial charge in [-0.2, -0.15) is 0 Å². The van der Waals surface area contributed by atoms with Gasteiger partial charge in [0.05, 0.1) is 30.2 Å². The van der Waals surface area contributed by atoms with Gasteiger partial charge in [-0.05, 0) is 25.0 Å². The molecule has 6 nitrogen and oxygen atoms in total. The summed E-state index contributed by atoms with van der Waals surface area (Å²) >= 11 is 0.